The van der Waals surface area contributed by atoms with Crippen LogP contribution in [0, 0.1) is 0 Å². The summed E-state index contributed by atoms with van der Waals surface area (Å²) < 4.78 is 14.9. The molecule has 0 fully saturated rings. The molecule has 0 bridgehead atoms. The second-order valence-electron chi connectivity index (χ2n) is 3.41. The standard InChI is InChI=1S/C10H14O7/c1-6(11)14-5-9-8(15-7(2)12)3-4-10(16-9)17-13/h3-4,8-10,13H,5H2,1-2H3/t8-,9-,10+/m1/s1. The third-order valence-electron chi connectivity index (χ3n) is 1.99. The van der Waals surface area contributed by atoms with E-state index < -0.39 is 30.4 Å². The van der Waals surface area contributed by atoms with Gasteiger partial charge in [0.05, 0.1) is 0 Å². The molecule has 7 heteroatoms. The molecule has 17 heavy (non-hydrogen) atoms. The van der Waals surface area contributed by atoms with Crippen molar-refractivity contribution in [3.8, 4) is 0 Å². The molecule has 0 saturated heterocycles. The van der Waals surface area contributed by atoms with E-state index in [4.69, 9.17) is 19.5 Å². The van der Waals surface area contributed by atoms with Crippen LogP contribution in [0.3, 0.4) is 0 Å². The largest absolute Gasteiger partial charge is 0.463 e. The molecule has 1 heterocycles. The molecule has 1 aliphatic rings. The Kier molecular flexibility index (Phi) is 5.08. The van der Waals surface area contributed by atoms with Crippen molar-refractivity contribution in [3.63, 3.8) is 0 Å². The summed E-state index contributed by atoms with van der Waals surface area (Å²) in [6, 6.07) is 0. The van der Waals surface area contributed by atoms with Crippen molar-refractivity contribution in [1.29, 1.82) is 0 Å². The number of hydrogen-bond donors (Lipinski definition) is 1. The number of hydrogen-bond acceptors (Lipinski definition) is 7. The van der Waals surface area contributed by atoms with Gasteiger partial charge >= 0.3 is 11.9 Å². The SMILES string of the molecule is CC(=O)OC[C@H]1O[C@@H](OO)C=C[C@H]1OC(C)=O. The molecule has 0 spiro atoms. The Morgan fingerprint density at radius 1 is 1.29 bits per heavy atom. The predicted molar refractivity (Wildman–Crippen MR) is 53.7 cm³/mol. The summed E-state index contributed by atoms with van der Waals surface area (Å²) in [5.74, 6) is -0.967. The van der Waals surface area contributed by atoms with Crippen molar-refractivity contribution in [2.45, 2.75) is 32.3 Å². The van der Waals surface area contributed by atoms with Gasteiger partial charge in [-0.25, -0.2) is 10.1 Å². The molecule has 0 radical (unpaired) electrons. The smallest absolute Gasteiger partial charge is 0.303 e. The van der Waals surface area contributed by atoms with Crippen LogP contribution in [0.5, 0.6) is 0 Å². The van der Waals surface area contributed by atoms with Gasteiger partial charge in [0, 0.05) is 13.8 Å². The molecule has 1 aliphatic heterocycles. The Morgan fingerprint density at radius 3 is 2.53 bits per heavy atom. The van der Waals surface area contributed by atoms with Gasteiger partial charge in [-0.1, -0.05) is 0 Å². The van der Waals surface area contributed by atoms with Crippen LogP contribution in [-0.2, 0) is 28.7 Å². The van der Waals surface area contributed by atoms with E-state index in [1.807, 2.05) is 0 Å². The molecular weight excluding hydrogens is 232 g/mol. The van der Waals surface area contributed by atoms with Crippen molar-refractivity contribution < 1.29 is 33.9 Å². The first kappa shape index (κ1) is 13.6. The number of rotatable bonds is 4. The fourth-order valence-electron chi connectivity index (χ4n) is 1.32. The van der Waals surface area contributed by atoms with Crippen molar-refractivity contribution in [2.24, 2.45) is 0 Å². The van der Waals surface area contributed by atoms with Gasteiger partial charge in [-0.15, -0.1) is 0 Å². The highest BCUT2D eigenvalue weighted by atomic mass is 17.1. The average molecular weight is 246 g/mol. The van der Waals surface area contributed by atoms with E-state index in [0.717, 1.165) is 0 Å². The van der Waals surface area contributed by atoms with Crippen molar-refractivity contribution >= 4 is 11.9 Å². The molecule has 1 N–H and O–H groups in total. The lowest BCUT2D eigenvalue weighted by Crippen LogP contribution is -2.41. The number of carbonyl (C=O) groups is 2. The molecular formula is C10H14O7. The summed E-state index contributed by atoms with van der Waals surface area (Å²) >= 11 is 0. The average Bonchev–Trinajstić information content (AvgIpc) is 2.27. The lowest BCUT2D eigenvalue weighted by Gasteiger charge is -2.29. The number of carbonyl (C=O) groups excluding carboxylic acids is 2. The Labute approximate surface area is 97.8 Å². The molecule has 1 rings (SSSR count). The molecule has 0 unspecified atom stereocenters. The van der Waals surface area contributed by atoms with Gasteiger partial charge in [0.25, 0.3) is 0 Å². The van der Waals surface area contributed by atoms with Crippen LogP contribution in [0.1, 0.15) is 13.8 Å². The van der Waals surface area contributed by atoms with E-state index in [0.29, 0.717) is 0 Å². The second-order valence-corrected chi connectivity index (χ2v) is 3.41. The Bertz CT molecular complexity index is 312. The first-order chi connectivity index (χ1) is 8.02. The van der Waals surface area contributed by atoms with E-state index in [1.54, 1.807) is 0 Å². The normalized spacial score (nSPS) is 27.6. The summed E-state index contributed by atoms with van der Waals surface area (Å²) in [4.78, 5) is 25.5. The van der Waals surface area contributed by atoms with Crippen LogP contribution >= 0.6 is 0 Å². The van der Waals surface area contributed by atoms with Crippen LogP contribution in [0.4, 0.5) is 0 Å². The second kappa shape index (κ2) is 6.33. The maximum Gasteiger partial charge on any atom is 0.303 e. The number of esters is 2. The Hall–Kier alpha value is -1.44. The van der Waals surface area contributed by atoms with Gasteiger partial charge in [-0.3, -0.25) is 9.59 Å². The fourth-order valence-corrected chi connectivity index (χ4v) is 1.32. The first-order valence-electron chi connectivity index (χ1n) is 4.97. The topological polar surface area (TPSA) is 91.3 Å². The van der Waals surface area contributed by atoms with Gasteiger partial charge < -0.3 is 14.2 Å². The molecule has 0 aliphatic carbocycles. The molecule has 7 nitrogen and oxygen atoms in total. The minimum absolute atomic E-state index is 0.0997. The van der Waals surface area contributed by atoms with Crippen molar-refractivity contribution in [1.82, 2.24) is 0 Å². The van der Waals surface area contributed by atoms with Gasteiger partial charge in [0.1, 0.15) is 18.8 Å². The maximum atomic E-state index is 10.8. The zero-order chi connectivity index (χ0) is 12.8. The minimum atomic E-state index is -0.970. The van der Waals surface area contributed by atoms with Crippen molar-refractivity contribution in [3.05, 3.63) is 12.2 Å². The first-order valence-corrected chi connectivity index (χ1v) is 4.97. The predicted octanol–water partition coefficient (Wildman–Crippen LogP) is 0.252. The van der Waals surface area contributed by atoms with E-state index in [1.165, 1.54) is 26.0 Å². The molecule has 0 amide bonds. The van der Waals surface area contributed by atoms with Crippen LogP contribution in [0.2, 0.25) is 0 Å². The fraction of sp³-hybridized carbons (Fsp3) is 0.600. The lowest BCUT2D eigenvalue weighted by atomic mass is 10.1. The zero-order valence-corrected chi connectivity index (χ0v) is 9.49. The number of ether oxygens (including phenoxy) is 3. The summed E-state index contributed by atoms with van der Waals surface area (Å²) in [7, 11) is 0. The molecule has 0 aromatic carbocycles. The van der Waals surface area contributed by atoms with Crippen LogP contribution < -0.4 is 0 Å². The third-order valence-corrected chi connectivity index (χ3v) is 1.99. The highest BCUT2D eigenvalue weighted by Gasteiger charge is 2.31. The van der Waals surface area contributed by atoms with E-state index in [9.17, 15) is 9.59 Å². The van der Waals surface area contributed by atoms with Gasteiger partial charge in [0.2, 0.25) is 6.29 Å². The highest BCUT2D eigenvalue weighted by molar-refractivity contribution is 5.66. The summed E-state index contributed by atoms with van der Waals surface area (Å²) in [5, 5.41) is 8.46. The minimum Gasteiger partial charge on any atom is -0.463 e. The lowest BCUT2D eigenvalue weighted by molar-refractivity contribution is -0.345. The van der Waals surface area contributed by atoms with E-state index in [-0.39, 0.29) is 6.61 Å². The monoisotopic (exact) mass is 246 g/mol. The molecule has 0 aromatic rings. The Balaban J connectivity index is 2.62. The maximum absolute atomic E-state index is 10.8. The van der Waals surface area contributed by atoms with Crippen molar-refractivity contribution in [2.75, 3.05) is 6.61 Å². The van der Waals surface area contributed by atoms with Gasteiger partial charge in [-0.05, 0) is 12.2 Å². The highest BCUT2D eigenvalue weighted by Crippen LogP contribution is 2.17. The van der Waals surface area contributed by atoms with Gasteiger partial charge in [0.15, 0.2) is 0 Å². The third kappa shape index (κ3) is 4.51. The molecule has 3 atom stereocenters. The Morgan fingerprint density at radius 2 is 2.00 bits per heavy atom. The quantitative estimate of drug-likeness (QED) is 0.329. The van der Waals surface area contributed by atoms with Crippen LogP contribution in [0.15, 0.2) is 12.2 Å². The molecule has 0 saturated carbocycles. The van der Waals surface area contributed by atoms with Crippen LogP contribution in [0.25, 0.3) is 0 Å². The zero-order valence-electron chi connectivity index (χ0n) is 9.49. The molecule has 0 aromatic heterocycles. The summed E-state index contributed by atoms with van der Waals surface area (Å²) in [5.41, 5.74) is 0. The van der Waals surface area contributed by atoms with Crippen LogP contribution in [-0.4, -0.2) is 42.3 Å². The summed E-state index contributed by atoms with van der Waals surface area (Å²) in [6.07, 6.45) is 0.517. The van der Waals surface area contributed by atoms with Gasteiger partial charge in [-0.2, -0.15) is 0 Å². The van der Waals surface area contributed by atoms with E-state index >= 15 is 0 Å². The van der Waals surface area contributed by atoms with E-state index in [2.05, 4.69) is 4.89 Å². The molecule has 96 valence electrons. The summed E-state index contributed by atoms with van der Waals surface area (Å²) in [6.45, 7) is 2.41.